The van der Waals surface area contributed by atoms with Crippen LogP contribution in [0.15, 0.2) is 16.6 Å². The van der Waals surface area contributed by atoms with Gasteiger partial charge in [-0.05, 0) is 12.1 Å². The van der Waals surface area contributed by atoms with E-state index in [0.717, 1.165) is 22.2 Å². The van der Waals surface area contributed by atoms with E-state index in [4.69, 9.17) is 14.7 Å². The Bertz CT molecular complexity index is 412. The van der Waals surface area contributed by atoms with Crippen LogP contribution in [-0.4, -0.2) is 13.2 Å². The normalized spacial score (nSPS) is 14.1. The zero-order chi connectivity index (χ0) is 10.7. The van der Waals surface area contributed by atoms with Crippen molar-refractivity contribution in [2.24, 2.45) is 0 Å². The predicted octanol–water partition coefficient (Wildman–Crippen LogP) is 2.68. The summed E-state index contributed by atoms with van der Waals surface area (Å²) in [4.78, 5) is 0. The van der Waals surface area contributed by atoms with E-state index in [1.54, 1.807) is 0 Å². The van der Waals surface area contributed by atoms with Gasteiger partial charge >= 0.3 is 0 Å². The van der Waals surface area contributed by atoms with E-state index in [-0.39, 0.29) is 0 Å². The summed E-state index contributed by atoms with van der Waals surface area (Å²) in [6.07, 6.45) is 1.20. The van der Waals surface area contributed by atoms with Crippen LogP contribution in [0.1, 0.15) is 12.0 Å². The second-order valence-electron chi connectivity index (χ2n) is 3.24. The molecule has 0 fully saturated rings. The maximum atomic E-state index is 8.75. The molecule has 1 heterocycles. The molecule has 3 nitrogen and oxygen atoms in total. The summed E-state index contributed by atoms with van der Waals surface area (Å²) in [6.45, 7) is 1.31. The van der Waals surface area contributed by atoms with Crippen LogP contribution in [0, 0.1) is 11.3 Å². The molecule has 0 saturated carbocycles. The second-order valence-corrected chi connectivity index (χ2v) is 4.09. The van der Waals surface area contributed by atoms with E-state index >= 15 is 0 Å². The van der Waals surface area contributed by atoms with E-state index in [1.807, 2.05) is 12.1 Å². The molecule has 0 saturated heterocycles. The largest absolute Gasteiger partial charge is 0.490 e. The van der Waals surface area contributed by atoms with Crippen molar-refractivity contribution in [2.45, 2.75) is 12.8 Å². The molecule has 0 bridgehead atoms. The summed E-state index contributed by atoms with van der Waals surface area (Å²) in [6, 6.07) is 5.89. The molecule has 0 aliphatic carbocycles. The molecule has 0 radical (unpaired) electrons. The lowest BCUT2D eigenvalue weighted by atomic mass is 10.1. The van der Waals surface area contributed by atoms with Crippen molar-refractivity contribution >= 4 is 15.9 Å². The first-order chi connectivity index (χ1) is 7.33. The molecule has 0 N–H and O–H groups in total. The minimum Gasteiger partial charge on any atom is -0.490 e. The Morgan fingerprint density at radius 3 is 2.93 bits per heavy atom. The van der Waals surface area contributed by atoms with E-state index in [2.05, 4.69) is 22.0 Å². The van der Waals surface area contributed by atoms with Gasteiger partial charge in [-0.3, -0.25) is 0 Å². The van der Waals surface area contributed by atoms with E-state index in [9.17, 15) is 0 Å². The molecule has 1 aliphatic heterocycles. The first kappa shape index (κ1) is 10.3. The molecular formula is C11H10BrNO2. The standard InChI is InChI=1S/C11H10BrNO2/c12-9-2-3-10-11(8(9)4-5-13)15-7-1-6-14-10/h2-3H,1,4,6-7H2. The number of fused-ring (bicyclic) bond motifs is 1. The van der Waals surface area contributed by atoms with Gasteiger partial charge in [0.2, 0.25) is 0 Å². The average Bonchev–Trinajstić information content (AvgIpc) is 2.47. The second kappa shape index (κ2) is 4.54. The molecule has 78 valence electrons. The fraction of sp³-hybridized carbons (Fsp3) is 0.364. The Kier molecular flexibility index (Phi) is 3.12. The van der Waals surface area contributed by atoms with E-state index in [1.165, 1.54) is 0 Å². The minimum absolute atomic E-state index is 0.327. The van der Waals surface area contributed by atoms with Crippen molar-refractivity contribution in [3.63, 3.8) is 0 Å². The maximum Gasteiger partial charge on any atom is 0.166 e. The van der Waals surface area contributed by atoms with Gasteiger partial charge in [0.15, 0.2) is 11.5 Å². The molecule has 0 unspecified atom stereocenters. The smallest absolute Gasteiger partial charge is 0.166 e. The van der Waals surface area contributed by atoms with Gasteiger partial charge in [-0.15, -0.1) is 0 Å². The highest BCUT2D eigenvalue weighted by Gasteiger charge is 2.16. The Balaban J connectivity index is 2.47. The monoisotopic (exact) mass is 267 g/mol. The number of nitrogens with zero attached hydrogens (tertiary/aromatic N) is 1. The van der Waals surface area contributed by atoms with Crippen molar-refractivity contribution in [3.8, 4) is 17.6 Å². The molecular weight excluding hydrogens is 258 g/mol. The van der Waals surface area contributed by atoms with Crippen LogP contribution in [0.5, 0.6) is 11.5 Å². The van der Waals surface area contributed by atoms with Crippen LogP contribution in [0.3, 0.4) is 0 Å². The Morgan fingerprint density at radius 2 is 2.13 bits per heavy atom. The van der Waals surface area contributed by atoms with Crippen molar-refractivity contribution in [1.82, 2.24) is 0 Å². The summed E-state index contributed by atoms with van der Waals surface area (Å²) in [5, 5.41) is 8.75. The van der Waals surface area contributed by atoms with Crippen LogP contribution in [0.4, 0.5) is 0 Å². The van der Waals surface area contributed by atoms with Gasteiger partial charge in [-0.2, -0.15) is 5.26 Å². The van der Waals surface area contributed by atoms with Gasteiger partial charge < -0.3 is 9.47 Å². The predicted molar refractivity (Wildman–Crippen MR) is 59.1 cm³/mol. The number of ether oxygens (including phenoxy) is 2. The van der Waals surface area contributed by atoms with Crippen molar-refractivity contribution in [2.75, 3.05) is 13.2 Å². The first-order valence-corrected chi connectivity index (χ1v) is 5.56. The maximum absolute atomic E-state index is 8.75. The highest BCUT2D eigenvalue weighted by Crippen LogP contribution is 2.37. The number of nitriles is 1. The number of hydrogen-bond donors (Lipinski definition) is 0. The number of hydrogen-bond acceptors (Lipinski definition) is 3. The van der Waals surface area contributed by atoms with Gasteiger partial charge in [0.1, 0.15) is 0 Å². The van der Waals surface area contributed by atoms with Crippen LogP contribution >= 0.6 is 15.9 Å². The van der Waals surface area contributed by atoms with Crippen molar-refractivity contribution < 1.29 is 9.47 Å². The highest BCUT2D eigenvalue weighted by atomic mass is 79.9. The first-order valence-electron chi connectivity index (χ1n) is 4.77. The molecule has 0 amide bonds. The Labute approximate surface area is 96.7 Å². The molecule has 1 aromatic carbocycles. The zero-order valence-electron chi connectivity index (χ0n) is 8.12. The van der Waals surface area contributed by atoms with Gasteiger partial charge in [-0.25, -0.2) is 0 Å². The fourth-order valence-electron chi connectivity index (χ4n) is 1.51. The van der Waals surface area contributed by atoms with Crippen LogP contribution in [-0.2, 0) is 6.42 Å². The van der Waals surface area contributed by atoms with E-state index in [0.29, 0.717) is 25.4 Å². The molecule has 2 rings (SSSR count). The quantitative estimate of drug-likeness (QED) is 0.786. The lowest BCUT2D eigenvalue weighted by Crippen LogP contribution is -1.98. The third kappa shape index (κ3) is 2.07. The highest BCUT2D eigenvalue weighted by molar-refractivity contribution is 9.10. The SMILES string of the molecule is N#CCc1c(Br)ccc2c1OCCCO2. The summed E-state index contributed by atoms with van der Waals surface area (Å²) < 4.78 is 12.0. The van der Waals surface area contributed by atoms with Gasteiger partial charge in [-0.1, -0.05) is 15.9 Å². The summed E-state index contributed by atoms with van der Waals surface area (Å²) >= 11 is 3.42. The minimum atomic E-state index is 0.327. The summed E-state index contributed by atoms with van der Waals surface area (Å²) in [5.41, 5.74) is 0.872. The topological polar surface area (TPSA) is 42.2 Å². The zero-order valence-corrected chi connectivity index (χ0v) is 9.71. The van der Waals surface area contributed by atoms with Crippen molar-refractivity contribution in [1.29, 1.82) is 5.26 Å². The molecule has 4 heteroatoms. The molecule has 0 atom stereocenters. The third-order valence-electron chi connectivity index (χ3n) is 2.22. The summed E-state index contributed by atoms with van der Waals surface area (Å²) in [5.74, 6) is 1.45. The number of rotatable bonds is 1. The average molecular weight is 268 g/mol. The molecule has 0 spiro atoms. The van der Waals surface area contributed by atoms with E-state index < -0.39 is 0 Å². The molecule has 1 aliphatic rings. The van der Waals surface area contributed by atoms with Gasteiger partial charge in [0.25, 0.3) is 0 Å². The van der Waals surface area contributed by atoms with Crippen LogP contribution in [0.2, 0.25) is 0 Å². The molecule has 0 aromatic heterocycles. The number of benzene rings is 1. The van der Waals surface area contributed by atoms with Crippen LogP contribution < -0.4 is 9.47 Å². The lowest BCUT2D eigenvalue weighted by molar-refractivity contribution is 0.296. The lowest BCUT2D eigenvalue weighted by Gasteiger charge is -2.11. The summed E-state index contributed by atoms with van der Waals surface area (Å²) in [7, 11) is 0. The number of halogens is 1. The van der Waals surface area contributed by atoms with Gasteiger partial charge in [0.05, 0.1) is 25.7 Å². The Hall–Kier alpha value is -1.21. The van der Waals surface area contributed by atoms with Crippen molar-refractivity contribution in [3.05, 3.63) is 22.2 Å². The third-order valence-corrected chi connectivity index (χ3v) is 2.96. The van der Waals surface area contributed by atoms with Crippen LogP contribution in [0.25, 0.3) is 0 Å². The van der Waals surface area contributed by atoms with Gasteiger partial charge in [0, 0.05) is 16.5 Å². The molecule has 1 aromatic rings. The molecule has 15 heavy (non-hydrogen) atoms. The fourth-order valence-corrected chi connectivity index (χ4v) is 1.97. The Morgan fingerprint density at radius 1 is 1.33 bits per heavy atom.